The summed E-state index contributed by atoms with van der Waals surface area (Å²) < 4.78 is 12.8. The first kappa shape index (κ1) is 21.7. The first-order valence-electron chi connectivity index (χ1n) is 10.2. The fourth-order valence-electron chi connectivity index (χ4n) is 3.21. The normalized spacial score (nSPS) is 10.9. The topological polar surface area (TPSA) is 65.4 Å². The van der Waals surface area contributed by atoms with Gasteiger partial charge in [-0.3, -0.25) is 9.48 Å². The van der Waals surface area contributed by atoms with E-state index in [0.29, 0.717) is 38.5 Å². The van der Waals surface area contributed by atoms with Gasteiger partial charge < -0.3 is 14.8 Å². The number of aryl methyl sites for hydroxylation is 2. The molecular weight excluding hydrogens is 378 g/mol. The first-order valence-corrected chi connectivity index (χ1v) is 10.2. The second-order valence-electron chi connectivity index (χ2n) is 7.19. The monoisotopic (exact) mass is 407 g/mol. The Morgan fingerprint density at radius 1 is 1.00 bits per heavy atom. The summed E-state index contributed by atoms with van der Waals surface area (Å²) in [4.78, 5) is 12.8. The second kappa shape index (κ2) is 10.7. The Kier molecular flexibility index (Phi) is 7.76. The van der Waals surface area contributed by atoms with Gasteiger partial charge in [-0.1, -0.05) is 24.3 Å². The Morgan fingerprint density at radius 2 is 1.77 bits per heavy atom. The molecule has 0 unspecified atom stereocenters. The summed E-state index contributed by atoms with van der Waals surface area (Å²) in [5.41, 5.74) is 5.49. The van der Waals surface area contributed by atoms with Crippen molar-refractivity contribution >= 4 is 11.6 Å². The van der Waals surface area contributed by atoms with Gasteiger partial charge in [0.15, 0.2) is 0 Å². The number of amides is 1. The van der Waals surface area contributed by atoms with Crippen LogP contribution in [-0.4, -0.2) is 35.5 Å². The molecule has 158 valence electrons. The molecule has 0 aliphatic carbocycles. The third kappa shape index (κ3) is 6.27. The minimum absolute atomic E-state index is 0.139. The van der Waals surface area contributed by atoms with Crippen LogP contribution in [-0.2, 0) is 22.6 Å². The van der Waals surface area contributed by atoms with Crippen LogP contribution < -0.4 is 5.32 Å². The lowest BCUT2D eigenvalue weighted by Gasteiger charge is -2.10. The Morgan fingerprint density at radius 3 is 2.53 bits per heavy atom. The van der Waals surface area contributed by atoms with E-state index in [1.807, 2.05) is 80.1 Å². The van der Waals surface area contributed by atoms with Gasteiger partial charge in [0.1, 0.15) is 0 Å². The average molecular weight is 408 g/mol. The number of aromatic nitrogens is 2. The molecule has 1 heterocycles. The molecule has 0 atom stereocenters. The summed E-state index contributed by atoms with van der Waals surface area (Å²) in [6.45, 7) is 8.90. The van der Waals surface area contributed by atoms with Gasteiger partial charge in [-0.2, -0.15) is 5.10 Å². The molecule has 3 aromatic rings. The van der Waals surface area contributed by atoms with Gasteiger partial charge in [0.2, 0.25) is 0 Å². The molecule has 0 bridgehead atoms. The van der Waals surface area contributed by atoms with Gasteiger partial charge in [0.25, 0.3) is 5.91 Å². The highest BCUT2D eigenvalue weighted by Gasteiger charge is 2.09. The van der Waals surface area contributed by atoms with E-state index in [1.165, 1.54) is 0 Å². The number of carbonyl (C=O) groups is 1. The van der Waals surface area contributed by atoms with Crippen molar-refractivity contribution in [2.75, 3.05) is 25.1 Å². The van der Waals surface area contributed by atoms with Crippen LogP contribution in [0.15, 0.2) is 54.6 Å². The zero-order chi connectivity index (χ0) is 21.3. The summed E-state index contributed by atoms with van der Waals surface area (Å²) in [6.07, 6.45) is 0. The van der Waals surface area contributed by atoms with Crippen molar-refractivity contribution in [3.05, 3.63) is 82.7 Å². The minimum atomic E-state index is -0.139. The molecule has 1 aromatic heterocycles. The summed E-state index contributed by atoms with van der Waals surface area (Å²) in [5, 5.41) is 7.47. The molecule has 6 nitrogen and oxygen atoms in total. The Bertz CT molecular complexity index is 981. The molecule has 6 heteroatoms. The van der Waals surface area contributed by atoms with E-state index in [-0.39, 0.29) is 5.91 Å². The Balaban J connectivity index is 1.60. The van der Waals surface area contributed by atoms with Gasteiger partial charge in [0.05, 0.1) is 32.1 Å². The number of carbonyl (C=O) groups excluding carboxylic acids is 1. The molecular formula is C24H29N3O3. The summed E-state index contributed by atoms with van der Waals surface area (Å²) in [7, 11) is 0. The number of rotatable bonds is 10. The highest BCUT2D eigenvalue weighted by Crippen LogP contribution is 2.15. The number of hydrogen-bond acceptors (Lipinski definition) is 4. The van der Waals surface area contributed by atoms with E-state index >= 15 is 0 Å². The van der Waals surface area contributed by atoms with E-state index in [0.717, 1.165) is 28.2 Å². The fraction of sp³-hybridized carbons (Fsp3) is 0.333. The van der Waals surface area contributed by atoms with Crippen LogP contribution in [0, 0.1) is 13.8 Å². The quantitative estimate of drug-likeness (QED) is 0.507. The predicted molar refractivity (Wildman–Crippen MR) is 118 cm³/mol. The zero-order valence-electron chi connectivity index (χ0n) is 17.9. The fourth-order valence-corrected chi connectivity index (χ4v) is 3.21. The molecule has 1 N–H and O–H groups in total. The molecule has 0 saturated heterocycles. The van der Waals surface area contributed by atoms with Crippen LogP contribution >= 0.6 is 0 Å². The number of nitrogens with zero attached hydrogens (tertiary/aromatic N) is 2. The molecule has 2 aromatic carbocycles. The van der Waals surface area contributed by atoms with E-state index in [9.17, 15) is 4.79 Å². The highest BCUT2D eigenvalue weighted by molar-refractivity contribution is 6.04. The van der Waals surface area contributed by atoms with E-state index in [1.54, 1.807) is 0 Å². The molecule has 0 aliphatic heterocycles. The lowest BCUT2D eigenvalue weighted by Crippen LogP contribution is -2.13. The van der Waals surface area contributed by atoms with E-state index in [4.69, 9.17) is 9.47 Å². The van der Waals surface area contributed by atoms with E-state index in [2.05, 4.69) is 10.4 Å². The van der Waals surface area contributed by atoms with Crippen molar-refractivity contribution < 1.29 is 14.3 Å². The second-order valence-corrected chi connectivity index (χ2v) is 7.19. The number of nitrogens with one attached hydrogen (secondary N) is 1. The van der Waals surface area contributed by atoms with Crippen LogP contribution in [0.4, 0.5) is 5.69 Å². The third-order valence-electron chi connectivity index (χ3n) is 4.65. The highest BCUT2D eigenvalue weighted by atomic mass is 16.5. The molecule has 0 fully saturated rings. The number of hydrogen-bond donors (Lipinski definition) is 1. The molecule has 0 spiro atoms. The smallest absolute Gasteiger partial charge is 0.255 e. The number of benzene rings is 2. The van der Waals surface area contributed by atoms with Crippen LogP contribution in [0.1, 0.15) is 39.8 Å². The van der Waals surface area contributed by atoms with Crippen molar-refractivity contribution in [2.45, 2.75) is 33.9 Å². The number of ether oxygens (including phenoxy) is 2. The van der Waals surface area contributed by atoms with Crippen molar-refractivity contribution in [2.24, 2.45) is 0 Å². The maximum atomic E-state index is 12.8. The maximum Gasteiger partial charge on any atom is 0.255 e. The molecule has 0 radical (unpaired) electrons. The van der Waals surface area contributed by atoms with Crippen LogP contribution in [0.2, 0.25) is 0 Å². The Hall–Kier alpha value is -2.96. The molecule has 3 rings (SSSR count). The van der Waals surface area contributed by atoms with E-state index < -0.39 is 0 Å². The lowest BCUT2D eigenvalue weighted by atomic mass is 10.1. The van der Waals surface area contributed by atoms with Crippen LogP contribution in [0.25, 0.3) is 0 Å². The average Bonchev–Trinajstić information content (AvgIpc) is 3.05. The Labute approximate surface area is 177 Å². The predicted octanol–water partition coefficient (Wildman–Crippen LogP) is 4.35. The molecule has 30 heavy (non-hydrogen) atoms. The van der Waals surface area contributed by atoms with Gasteiger partial charge in [-0.05, 0) is 62.2 Å². The lowest BCUT2D eigenvalue weighted by molar-refractivity contribution is 0.0453. The van der Waals surface area contributed by atoms with Crippen molar-refractivity contribution in [3.63, 3.8) is 0 Å². The maximum absolute atomic E-state index is 12.8. The van der Waals surface area contributed by atoms with Gasteiger partial charge >= 0.3 is 0 Å². The van der Waals surface area contributed by atoms with Crippen molar-refractivity contribution in [1.29, 1.82) is 0 Å². The summed E-state index contributed by atoms with van der Waals surface area (Å²) >= 11 is 0. The van der Waals surface area contributed by atoms with Gasteiger partial charge in [0, 0.05) is 23.6 Å². The largest absolute Gasteiger partial charge is 0.379 e. The SMILES string of the molecule is CCOCCOCc1cccc(NC(=O)c2cccc(Cn3nc(C)cc3C)c2)c1. The molecule has 1 amide bonds. The minimum Gasteiger partial charge on any atom is -0.379 e. The van der Waals surface area contributed by atoms with Crippen LogP contribution in [0.5, 0.6) is 0 Å². The van der Waals surface area contributed by atoms with Gasteiger partial charge in [-0.15, -0.1) is 0 Å². The third-order valence-corrected chi connectivity index (χ3v) is 4.65. The van der Waals surface area contributed by atoms with Crippen molar-refractivity contribution in [1.82, 2.24) is 9.78 Å². The first-order chi connectivity index (χ1) is 14.5. The van der Waals surface area contributed by atoms with Crippen molar-refractivity contribution in [3.8, 4) is 0 Å². The molecule has 0 aliphatic rings. The van der Waals surface area contributed by atoms with Crippen LogP contribution in [0.3, 0.4) is 0 Å². The summed E-state index contributed by atoms with van der Waals surface area (Å²) in [6, 6.07) is 17.4. The standard InChI is InChI=1S/C24H29N3O3/c1-4-29-11-12-30-17-21-8-6-10-23(15-21)25-24(28)22-9-5-7-20(14-22)16-27-19(3)13-18(2)26-27/h5-10,13-15H,4,11-12,16-17H2,1-3H3,(H,25,28). The zero-order valence-corrected chi connectivity index (χ0v) is 17.9. The molecule has 0 saturated carbocycles. The number of anilines is 1. The summed E-state index contributed by atoms with van der Waals surface area (Å²) in [5.74, 6) is -0.139. The van der Waals surface area contributed by atoms with Gasteiger partial charge in [-0.25, -0.2) is 0 Å².